The van der Waals surface area contributed by atoms with Crippen LogP contribution in [0.4, 0.5) is 5.69 Å². The van der Waals surface area contributed by atoms with Crippen LogP contribution < -0.4 is 11.1 Å². The highest BCUT2D eigenvalue weighted by Crippen LogP contribution is 2.27. The van der Waals surface area contributed by atoms with Gasteiger partial charge < -0.3 is 15.8 Å². The monoisotopic (exact) mass is 301 g/mol. The molecule has 0 aromatic heterocycles. The average Bonchev–Trinajstić information content (AvgIpc) is 2.37. The van der Waals surface area contributed by atoms with E-state index < -0.39 is 16.7 Å². The van der Waals surface area contributed by atoms with Gasteiger partial charge >= 0.3 is 0 Å². The van der Waals surface area contributed by atoms with Crippen molar-refractivity contribution in [1.29, 1.82) is 0 Å². The first-order valence-electron chi connectivity index (χ1n) is 5.50. The largest absolute Gasteiger partial charge is 0.370 e. The second-order valence-corrected chi connectivity index (χ2v) is 4.05. The number of carbonyl (C=O) groups excluding carboxylic acids is 2. The highest BCUT2D eigenvalue weighted by atomic mass is 35.5. The number of nitro groups is 1. The molecule has 0 aliphatic carbocycles. The summed E-state index contributed by atoms with van der Waals surface area (Å²) in [6, 6.07) is 3.94. The minimum absolute atomic E-state index is 0.00392. The van der Waals surface area contributed by atoms with E-state index in [-0.39, 0.29) is 36.0 Å². The number of primary amides is 1. The van der Waals surface area contributed by atoms with Crippen LogP contribution in [0.3, 0.4) is 0 Å². The molecule has 0 bridgehead atoms. The van der Waals surface area contributed by atoms with E-state index >= 15 is 0 Å². The maximum atomic E-state index is 11.8. The number of nitro benzene ring substituents is 1. The van der Waals surface area contributed by atoms with Crippen LogP contribution in [0.15, 0.2) is 18.2 Å². The summed E-state index contributed by atoms with van der Waals surface area (Å²) < 4.78 is 4.84. The van der Waals surface area contributed by atoms with Crippen molar-refractivity contribution in [3.05, 3.63) is 38.9 Å². The van der Waals surface area contributed by atoms with Crippen molar-refractivity contribution in [2.24, 2.45) is 5.73 Å². The first-order chi connectivity index (χ1) is 9.43. The number of rotatable bonds is 7. The Hall–Kier alpha value is -2.19. The molecule has 20 heavy (non-hydrogen) atoms. The number of nitrogens with two attached hydrogens (primary N) is 1. The van der Waals surface area contributed by atoms with Crippen LogP contribution in [-0.2, 0) is 9.53 Å². The number of nitrogens with zero attached hydrogens (tertiary/aromatic N) is 1. The fourth-order valence-corrected chi connectivity index (χ4v) is 1.62. The molecule has 0 saturated heterocycles. The summed E-state index contributed by atoms with van der Waals surface area (Å²) in [7, 11) is 0. The van der Waals surface area contributed by atoms with Gasteiger partial charge in [0.25, 0.3) is 11.6 Å². The summed E-state index contributed by atoms with van der Waals surface area (Å²) in [5, 5.41) is 12.9. The summed E-state index contributed by atoms with van der Waals surface area (Å²) in [6.07, 6.45) is 0. The van der Waals surface area contributed by atoms with E-state index in [0.29, 0.717) is 0 Å². The molecule has 2 amide bonds. The van der Waals surface area contributed by atoms with Crippen LogP contribution in [0.5, 0.6) is 0 Å². The third-order valence-corrected chi connectivity index (χ3v) is 2.59. The van der Waals surface area contributed by atoms with Crippen molar-refractivity contribution in [2.45, 2.75) is 0 Å². The Morgan fingerprint density at radius 2 is 2.15 bits per heavy atom. The molecule has 0 heterocycles. The van der Waals surface area contributed by atoms with Gasteiger partial charge in [0.15, 0.2) is 0 Å². The maximum absolute atomic E-state index is 11.8. The lowest BCUT2D eigenvalue weighted by Gasteiger charge is -2.07. The first-order valence-corrected chi connectivity index (χ1v) is 5.88. The van der Waals surface area contributed by atoms with Gasteiger partial charge in [0, 0.05) is 12.6 Å². The predicted octanol–water partition coefficient (Wildman–Crippen LogP) is 0.480. The number of halogens is 1. The van der Waals surface area contributed by atoms with Gasteiger partial charge in [-0.05, 0) is 6.07 Å². The molecule has 0 fully saturated rings. The van der Waals surface area contributed by atoms with Gasteiger partial charge in [-0.15, -0.1) is 0 Å². The molecule has 0 saturated carbocycles. The molecule has 1 aromatic rings. The Labute approximate surface area is 119 Å². The number of ether oxygens (including phenoxy) is 1. The summed E-state index contributed by atoms with van der Waals surface area (Å²) in [5.41, 5.74) is 4.51. The molecule has 0 aliphatic heterocycles. The van der Waals surface area contributed by atoms with Crippen molar-refractivity contribution < 1.29 is 19.2 Å². The van der Waals surface area contributed by atoms with Gasteiger partial charge in [0.05, 0.1) is 17.1 Å². The van der Waals surface area contributed by atoms with Crippen molar-refractivity contribution in [1.82, 2.24) is 5.32 Å². The lowest BCUT2D eigenvalue weighted by atomic mass is 10.2. The lowest BCUT2D eigenvalue weighted by molar-refractivity contribution is -0.384. The Morgan fingerprint density at radius 1 is 1.45 bits per heavy atom. The van der Waals surface area contributed by atoms with Crippen LogP contribution in [0.25, 0.3) is 0 Å². The van der Waals surface area contributed by atoms with Gasteiger partial charge in [-0.1, -0.05) is 17.7 Å². The second-order valence-electron chi connectivity index (χ2n) is 3.67. The average molecular weight is 302 g/mol. The molecule has 108 valence electrons. The summed E-state index contributed by atoms with van der Waals surface area (Å²) in [5.74, 6) is -1.18. The SMILES string of the molecule is NC(=O)COCCNC(=O)c1cccc([N+](=O)[O-])c1Cl. The highest BCUT2D eigenvalue weighted by Gasteiger charge is 2.19. The Kier molecular flexibility index (Phi) is 5.88. The second kappa shape index (κ2) is 7.41. The molecule has 3 N–H and O–H groups in total. The molecule has 0 unspecified atom stereocenters. The molecule has 0 spiro atoms. The fraction of sp³-hybridized carbons (Fsp3) is 0.273. The molecule has 0 aliphatic rings. The normalized spacial score (nSPS) is 10.1. The molecule has 1 rings (SSSR count). The first kappa shape index (κ1) is 15.9. The van der Waals surface area contributed by atoms with Crippen molar-refractivity contribution in [2.75, 3.05) is 19.8 Å². The Morgan fingerprint density at radius 3 is 2.75 bits per heavy atom. The molecule has 0 atom stereocenters. The predicted molar refractivity (Wildman–Crippen MR) is 70.5 cm³/mol. The molecular formula is C11H12ClN3O5. The zero-order chi connectivity index (χ0) is 15.1. The smallest absolute Gasteiger partial charge is 0.288 e. The number of hydrogen-bond acceptors (Lipinski definition) is 5. The van der Waals surface area contributed by atoms with Crippen molar-refractivity contribution in [3.63, 3.8) is 0 Å². The number of amides is 2. The van der Waals surface area contributed by atoms with Gasteiger partial charge in [0.2, 0.25) is 5.91 Å². The van der Waals surface area contributed by atoms with Crippen LogP contribution >= 0.6 is 11.6 Å². The standard InChI is InChI=1S/C11H12ClN3O5/c12-10-7(2-1-3-8(10)15(18)19)11(17)14-4-5-20-6-9(13)16/h1-3H,4-6H2,(H2,13,16)(H,14,17). The van der Waals surface area contributed by atoms with Crippen LogP contribution in [-0.4, -0.2) is 36.5 Å². The van der Waals surface area contributed by atoms with Gasteiger partial charge in [-0.3, -0.25) is 19.7 Å². The van der Waals surface area contributed by atoms with E-state index in [9.17, 15) is 19.7 Å². The van der Waals surface area contributed by atoms with Crippen LogP contribution in [0.1, 0.15) is 10.4 Å². The summed E-state index contributed by atoms with van der Waals surface area (Å²) in [4.78, 5) is 32.2. The van der Waals surface area contributed by atoms with Gasteiger partial charge in [-0.25, -0.2) is 0 Å². The zero-order valence-electron chi connectivity index (χ0n) is 10.3. The van der Waals surface area contributed by atoms with Crippen molar-refractivity contribution >= 4 is 29.1 Å². The quantitative estimate of drug-likeness (QED) is 0.430. The highest BCUT2D eigenvalue weighted by molar-refractivity contribution is 6.35. The van der Waals surface area contributed by atoms with E-state index in [4.69, 9.17) is 22.1 Å². The van der Waals surface area contributed by atoms with E-state index in [2.05, 4.69) is 5.32 Å². The van der Waals surface area contributed by atoms with E-state index in [1.54, 1.807) is 0 Å². The molecule has 9 heteroatoms. The molecule has 8 nitrogen and oxygen atoms in total. The van der Waals surface area contributed by atoms with E-state index in [1.165, 1.54) is 18.2 Å². The number of carbonyl (C=O) groups is 2. The summed E-state index contributed by atoms with van der Waals surface area (Å²) >= 11 is 5.79. The van der Waals surface area contributed by atoms with E-state index in [0.717, 1.165) is 0 Å². The topological polar surface area (TPSA) is 125 Å². The van der Waals surface area contributed by atoms with Gasteiger partial charge in [-0.2, -0.15) is 0 Å². The minimum Gasteiger partial charge on any atom is -0.370 e. The van der Waals surface area contributed by atoms with Crippen molar-refractivity contribution in [3.8, 4) is 0 Å². The summed E-state index contributed by atoms with van der Waals surface area (Å²) in [6.45, 7) is -0.0419. The zero-order valence-corrected chi connectivity index (χ0v) is 11.1. The molecule has 0 radical (unpaired) electrons. The molecular weight excluding hydrogens is 290 g/mol. The Bertz CT molecular complexity index is 535. The minimum atomic E-state index is -0.672. The molecule has 1 aromatic carbocycles. The van der Waals surface area contributed by atoms with E-state index in [1.807, 2.05) is 0 Å². The third kappa shape index (κ3) is 4.48. The van der Waals surface area contributed by atoms with Gasteiger partial charge in [0.1, 0.15) is 11.6 Å². The van der Waals surface area contributed by atoms with Crippen LogP contribution in [0.2, 0.25) is 5.02 Å². The number of hydrogen-bond donors (Lipinski definition) is 2. The Balaban J connectivity index is 2.58. The maximum Gasteiger partial charge on any atom is 0.288 e. The fourth-order valence-electron chi connectivity index (χ4n) is 1.34. The third-order valence-electron chi connectivity index (χ3n) is 2.20. The number of benzene rings is 1. The number of nitrogens with one attached hydrogen (secondary N) is 1. The van der Waals surface area contributed by atoms with Crippen LogP contribution in [0, 0.1) is 10.1 Å². The lowest BCUT2D eigenvalue weighted by Crippen LogP contribution is -2.29.